The van der Waals surface area contributed by atoms with E-state index in [1.54, 1.807) is 4.57 Å². The summed E-state index contributed by atoms with van der Waals surface area (Å²) in [6, 6.07) is 78.0. The summed E-state index contributed by atoms with van der Waals surface area (Å²) in [5.41, 5.74) is 23.4. The number of fused-ring (bicyclic) bond motifs is 13. The lowest BCUT2D eigenvalue weighted by atomic mass is 9.33. The minimum atomic E-state index is -0.499. The SMILES string of the molecule is [2H]c1c([2H])c([2H])c2c(c1[2H])c1c([2H])c([2H])c([2H])c([2H])c1n2-c1ccc2c(c1)N(c1c(-c3ccc(C(C)(C)C)cc3)ccc3c1c1ccccc1n3-c1ccccc1)c1cc(C(C)(C)C)cc3c1B2c1ccc(-c2cc(C(C)(C)C)cc(C(C)(C)C)c2)cc1N3c1c(-c2ccccc2)ccc2oc3ccccc3c12. The summed E-state index contributed by atoms with van der Waals surface area (Å²) >= 11 is 0. The predicted molar refractivity (Wildman–Crippen MR) is 428 cm³/mol. The molecular formula is C94H81BN4O. The zero-order chi connectivity index (χ0) is 75.4. The van der Waals surface area contributed by atoms with E-state index < -0.39 is 48.4 Å². The monoisotopic (exact) mass is 1300 g/mol. The van der Waals surface area contributed by atoms with Gasteiger partial charge in [-0.1, -0.05) is 271 Å². The molecule has 2 aliphatic heterocycles. The molecule has 0 fully saturated rings. The van der Waals surface area contributed by atoms with Gasteiger partial charge in [0.05, 0.1) is 49.8 Å². The van der Waals surface area contributed by atoms with Crippen molar-refractivity contribution in [1.29, 1.82) is 0 Å². The van der Waals surface area contributed by atoms with Gasteiger partial charge in [-0.3, -0.25) is 0 Å². The van der Waals surface area contributed by atoms with Gasteiger partial charge in [0.2, 0.25) is 0 Å². The fraction of sp³-hybridized carbons (Fsp3) is 0.170. The van der Waals surface area contributed by atoms with Crippen LogP contribution in [0.1, 0.15) is 116 Å². The number of hydrogen-bond acceptors (Lipinski definition) is 3. The van der Waals surface area contributed by atoms with Crippen molar-refractivity contribution in [3.63, 3.8) is 0 Å². The van der Waals surface area contributed by atoms with Crippen LogP contribution in [0.5, 0.6) is 0 Å². The number of rotatable bonds is 7. The average Bonchev–Trinajstić information content (AvgIpc) is 1.26. The zero-order valence-electron chi connectivity index (χ0n) is 66.6. The van der Waals surface area contributed by atoms with Crippen molar-refractivity contribution in [2.75, 3.05) is 9.80 Å². The molecule has 2 aliphatic rings. The molecule has 0 saturated heterocycles. The molecule has 0 aliphatic carbocycles. The largest absolute Gasteiger partial charge is 0.456 e. The van der Waals surface area contributed by atoms with Crippen LogP contribution in [0.2, 0.25) is 0 Å². The number of hydrogen-bond donors (Lipinski definition) is 0. The summed E-state index contributed by atoms with van der Waals surface area (Å²) in [5.74, 6) is 0. The molecule has 13 aromatic carbocycles. The van der Waals surface area contributed by atoms with E-state index in [1.807, 2.05) is 18.2 Å². The smallest absolute Gasteiger partial charge is 0.252 e. The summed E-state index contributed by atoms with van der Waals surface area (Å²) in [4.78, 5) is 5.05. The molecule has 5 heterocycles. The Labute approximate surface area is 598 Å². The van der Waals surface area contributed by atoms with Crippen molar-refractivity contribution < 1.29 is 15.4 Å². The first-order valence-electron chi connectivity index (χ1n) is 38.9. The average molecular weight is 1300 g/mol. The highest BCUT2D eigenvalue weighted by Crippen LogP contribution is 2.56. The second-order valence-corrected chi connectivity index (χ2v) is 31.6. The van der Waals surface area contributed by atoms with E-state index in [0.717, 1.165) is 139 Å². The van der Waals surface area contributed by atoms with Crippen LogP contribution in [-0.4, -0.2) is 15.8 Å². The fourth-order valence-electron chi connectivity index (χ4n) is 15.9. The molecule has 0 spiro atoms. The van der Waals surface area contributed by atoms with Gasteiger partial charge < -0.3 is 23.4 Å². The molecule has 3 aromatic heterocycles. The van der Waals surface area contributed by atoms with Gasteiger partial charge in [0.1, 0.15) is 11.2 Å². The van der Waals surface area contributed by atoms with E-state index in [-0.39, 0.29) is 50.1 Å². The van der Waals surface area contributed by atoms with E-state index in [1.165, 1.54) is 16.7 Å². The molecule has 486 valence electrons. The van der Waals surface area contributed by atoms with Crippen molar-refractivity contribution in [3.05, 3.63) is 295 Å². The number of furan rings is 1. The molecule has 5 nitrogen and oxygen atoms in total. The first-order chi connectivity index (χ1) is 51.5. The van der Waals surface area contributed by atoms with E-state index in [0.29, 0.717) is 5.69 Å². The highest BCUT2D eigenvalue weighted by atomic mass is 16.3. The van der Waals surface area contributed by atoms with Gasteiger partial charge in [-0.2, -0.15) is 0 Å². The van der Waals surface area contributed by atoms with Crippen molar-refractivity contribution in [1.82, 2.24) is 9.13 Å². The summed E-state index contributed by atoms with van der Waals surface area (Å²) in [7, 11) is 0. The number of anilines is 6. The quantitative estimate of drug-likeness (QED) is 0.149. The van der Waals surface area contributed by atoms with Gasteiger partial charge in [0, 0.05) is 72.2 Å². The number of benzene rings is 13. The molecule has 0 bridgehead atoms. The van der Waals surface area contributed by atoms with Crippen LogP contribution in [0.15, 0.2) is 277 Å². The van der Waals surface area contributed by atoms with Crippen LogP contribution < -0.4 is 26.2 Å². The Kier molecular flexibility index (Phi) is 11.8. The molecule has 18 rings (SSSR count). The molecule has 0 atom stereocenters. The molecule has 6 heteroatoms. The van der Waals surface area contributed by atoms with Crippen LogP contribution >= 0.6 is 0 Å². The first kappa shape index (κ1) is 53.0. The van der Waals surface area contributed by atoms with Crippen molar-refractivity contribution in [2.24, 2.45) is 0 Å². The van der Waals surface area contributed by atoms with E-state index in [9.17, 15) is 8.22 Å². The summed E-state index contributed by atoms with van der Waals surface area (Å²) < 4.78 is 86.9. The minimum Gasteiger partial charge on any atom is -0.456 e. The summed E-state index contributed by atoms with van der Waals surface area (Å²) in [6.07, 6.45) is 0. The topological polar surface area (TPSA) is 29.5 Å². The predicted octanol–water partition coefficient (Wildman–Crippen LogP) is 24.1. The van der Waals surface area contributed by atoms with Crippen LogP contribution in [0.3, 0.4) is 0 Å². The Hall–Kier alpha value is -11.1. The third-order valence-electron chi connectivity index (χ3n) is 21.1. The van der Waals surface area contributed by atoms with Gasteiger partial charge >= 0.3 is 0 Å². The van der Waals surface area contributed by atoms with Crippen molar-refractivity contribution >= 4 is 123 Å². The molecule has 16 aromatic rings. The second kappa shape index (κ2) is 22.2. The standard InChI is InChI=1S/C94H81BN4O/c1-91(2,3)62-42-39-59(40-43-62)68-45-49-79-86(72-33-21-25-37-78(72)96(79)66-29-17-14-18-30-66)89(68)99-81-57-67(97-76-35-23-19-31-70(76)71-32-20-24-36-77(71)97)44-48-75(81)95-74-47-41-60(61-51-63(92(4,5)6)54-64(52-61)93(7,8)9)53-80(74)98(82-55-65(94(10,11)12)56-83(99)88(82)95)90-69(58-27-15-13-16-28-58)46-50-85-87(90)73-34-22-26-38-84(73)100-85/h13-57H,1-12H3/i19D,20D,23D,24D,31D,32D,35D,36D. The van der Waals surface area contributed by atoms with Gasteiger partial charge in [-0.05, 0) is 167 Å². The number of aromatic nitrogens is 2. The van der Waals surface area contributed by atoms with Gasteiger partial charge in [-0.15, -0.1) is 0 Å². The Morgan fingerprint density at radius 2 is 0.820 bits per heavy atom. The minimum absolute atomic E-state index is 0.0110. The van der Waals surface area contributed by atoms with Crippen molar-refractivity contribution in [3.8, 4) is 44.8 Å². The van der Waals surface area contributed by atoms with Crippen LogP contribution in [0.4, 0.5) is 34.1 Å². The normalized spacial score (nSPS) is 14.5. The Balaban J connectivity index is 1.06. The Morgan fingerprint density at radius 3 is 1.45 bits per heavy atom. The molecule has 100 heavy (non-hydrogen) atoms. The van der Waals surface area contributed by atoms with Gasteiger partial charge in [-0.25, -0.2) is 0 Å². The number of para-hydroxylation sites is 5. The zero-order valence-corrected chi connectivity index (χ0v) is 58.6. The highest BCUT2D eigenvalue weighted by Gasteiger charge is 2.46. The molecule has 0 saturated carbocycles. The molecule has 0 radical (unpaired) electrons. The second-order valence-electron chi connectivity index (χ2n) is 31.6. The van der Waals surface area contributed by atoms with E-state index >= 15 is 0 Å². The lowest BCUT2D eigenvalue weighted by Gasteiger charge is -2.46. The van der Waals surface area contributed by atoms with Gasteiger partial charge in [0.15, 0.2) is 0 Å². The summed E-state index contributed by atoms with van der Waals surface area (Å²) in [5, 5.41) is 3.99. The molecule has 0 N–H and O–H groups in total. The van der Waals surface area contributed by atoms with Gasteiger partial charge in [0.25, 0.3) is 6.71 Å². The maximum atomic E-state index is 9.89. The van der Waals surface area contributed by atoms with E-state index in [4.69, 9.17) is 7.16 Å². The van der Waals surface area contributed by atoms with Crippen LogP contribution in [0, 0.1) is 0 Å². The van der Waals surface area contributed by atoms with Crippen molar-refractivity contribution in [2.45, 2.75) is 105 Å². The van der Waals surface area contributed by atoms with E-state index in [2.05, 4.69) is 304 Å². The molecule has 0 unspecified atom stereocenters. The third-order valence-corrected chi connectivity index (χ3v) is 21.1. The lowest BCUT2D eigenvalue weighted by molar-refractivity contribution is 0.569. The lowest BCUT2D eigenvalue weighted by Crippen LogP contribution is -2.61. The molecule has 0 amide bonds. The van der Waals surface area contributed by atoms with Crippen LogP contribution in [0.25, 0.3) is 110 Å². The Morgan fingerprint density at radius 1 is 0.320 bits per heavy atom. The molecular weight excluding hydrogens is 1210 g/mol. The Bertz CT molecular complexity index is 6420. The first-order valence-corrected chi connectivity index (χ1v) is 34.9. The third kappa shape index (κ3) is 9.57. The fourth-order valence-corrected chi connectivity index (χ4v) is 15.9. The summed E-state index contributed by atoms with van der Waals surface area (Å²) in [6.45, 7) is 26.8. The maximum Gasteiger partial charge on any atom is 0.252 e. The van der Waals surface area contributed by atoms with Crippen LogP contribution in [-0.2, 0) is 21.7 Å². The highest BCUT2D eigenvalue weighted by molar-refractivity contribution is 7.00. The maximum absolute atomic E-state index is 9.89. The number of nitrogens with zero attached hydrogens (tertiary/aromatic N) is 4.